The number of nitrogens with zero attached hydrogens (tertiary/aromatic N) is 8. The van der Waals surface area contributed by atoms with Gasteiger partial charge in [0.05, 0.1) is 87.1 Å². The number of hydrogen-bond donors (Lipinski definition) is 7. The third kappa shape index (κ3) is 21.2. The number of hydrogen-bond acceptors (Lipinski definition) is 21. The number of aromatic carboxylic acids is 1. The molecule has 20 rings (SSSR count). The van der Waals surface area contributed by atoms with Crippen molar-refractivity contribution < 1.29 is 186 Å². The van der Waals surface area contributed by atoms with Gasteiger partial charge in [-0.3, -0.25) is 52.7 Å². The summed E-state index contributed by atoms with van der Waals surface area (Å²) < 4.78 is 245. The van der Waals surface area contributed by atoms with E-state index in [4.69, 9.17) is 34.2 Å². The molecule has 8 aromatic rings. The molecule has 8 N–H and O–H groups in total. The quantitative estimate of drug-likeness (QED) is 0.0640. The van der Waals surface area contributed by atoms with Gasteiger partial charge >= 0.3 is 53.7 Å². The van der Waals surface area contributed by atoms with Gasteiger partial charge in [-0.05, 0) is 154 Å². The molecule has 8 bridgehead atoms. The molecule has 0 spiro atoms. The number of amides is 7. The van der Waals surface area contributed by atoms with Crippen molar-refractivity contribution in [3.63, 3.8) is 0 Å². The molecule has 4 aromatic heterocycles. The van der Waals surface area contributed by atoms with E-state index in [1.807, 2.05) is 0 Å². The zero-order valence-electron chi connectivity index (χ0n) is 74.2. The number of aromatic nitrogens is 4. The molecule has 33 nitrogen and oxygen atoms in total. The first-order chi connectivity index (χ1) is 65.6. The van der Waals surface area contributed by atoms with Crippen molar-refractivity contribution in [3.05, 3.63) is 251 Å². The molecule has 4 saturated carbocycles. The van der Waals surface area contributed by atoms with Crippen LogP contribution in [0.5, 0.6) is 23.0 Å². The molecule has 4 saturated heterocycles. The van der Waals surface area contributed by atoms with E-state index in [9.17, 15) is 143 Å². The predicted octanol–water partition coefficient (Wildman–Crippen LogP) is 3.65. The Kier molecular flexibility index (Phi) is 31.6. The average Bonchev–Trinajstić information content (AvgIpc) is 1.51. The molecule has 12 aliphatic rings. The second-order valence-electron chi connectivity index (χ2n) is 34.7. The van der Waals surface area contributed by atoms with Crippen LogP contribution >= 0.6 is 0 Å². The molecule has 52 heteroatoms. The summed E-state index contributed by atoms with van der Waals surface area (Å²) in [7, 11) is 2.48. The minimum atomic E-state index is -4.91. The van der Waals surface area contributed by atoms with Gasteiger partial charge in [0, 0.05) is 75.1 Å². The summed E-state index contributed by atoms with van der Waals surface area (Å²) in [5.74, 6) is -13.6. The van der Waals surface area contributed by atoms with E-state index < -0.39 is 200 Å². The Morgan fingerprint density at radius 3 is 0.993 bits per heavy atom. The van der Waals surface area contributed by atoms with Gasteiger partial charge in [-0.2, -0.15) is 52.7 Å². The van der Waals surface area contributed by atoms with Crippen LogP contribution in [0.4, 0.5) is 70.2 Å². The maximum atomic E-state index is 13.6. The van der Waals surface area contributed by atoms with Crippen LogP contribution in [0.1, 0.15) is 205 Å². The number of carboxylic acid groups (broad SMARTS) is 1. The van der Waals surface area contributed by atoms with E-state index in [2.05, 4.69) is 16.0 Å². The number of aromatic hydroxyl groups is 2. The van der Waals surface area contributed by atoms with E-state index in [1.54, 1.807) is 9.80 Å². The largest absolute Gasteiger partial charge is 2.00 e. The normalized spacial score (nSPS) is 22.6. The molecular weight excluding hydrogens is 2070 g/mol. The van der Waals surface area contributed by atoms with E-state index in [1.165, 1.54) is 60.7 Å². The van der Waals surface area contributed by atoms with E-state index in [0.717, 1.165) is 107 Å². The van der Waals surface area contributed by atoms with Crippen molar-refractivity contribution in [1.82, 2.24) is 53.8 Å². The van der Waals surface area contributed by atoms with Crippen LogP contribution in [0.15, 0.2) is 117 Å². The van der Waals surface area contributed by atoms with Crippen molar-refractivity contribution in [2.75, 3.05) is 14.2 Å². The van der Waals surface area contributed by atoms with Crippen LogP contribution in [0.25, 0.3) is 0 Å². The summed E-state index contributed by atoms with van der Waals surface area (Å²) in [6.07, 6.45) is -6.98. The monoisotopic (exact) mass is 2150 g/mol. The van der Waals surface area contributed by atoms with E-state index in [0.29, 0.717) is 55.8 Å². The summed E-state index contributed by atoms with van der Waals surface area (Å²) in [5.41, 5.74) is -6.11. The smallest absolute Gasteiger partial charge is 1.00 e. The minimum Gasteiger partial charge on any atom is -1.00 e. The molecule has 4 aromatic carbocycles. The van der Waals surface area contributed by atoms with Crippen molar-refractivity contribution in [1.29, 1.82) is 0 Å². The average molecular weight is 2160 g/mol. The zero-order valence-corrected chi connectivity index (χ0v) is 78.7. The van der Waals surface area contributed by atoms with Crippen molar-refractivity contribution in [2.24, 2.45) is 5.73 Å². The van der Waals surface area contributed by atoms with Crippen molar-refractivity contribution >= 4 is 70.4 Å². The number of nitrogens with one attached hydrogen (secondary N) is 3. The Hall–Kier alpha value is -12.0. The van der Waals surface area contributed by atoms with Crippen LogP contribution < -0.4 is 86.8 Å². The Labute approximate surface area is 827 Å². The number of methoxy groups -OCH3 is 2. The minimum absolute atomic E-state index is 0. The number of rotatable bonds is 13. The zero-order chi connectivity index (χ0) is 100. The number of carboxylic acids is 1. The molecule has 8 aliphatic heterocycles. The fourth-order valence-electron chi connectivity index (χ4n) is 19.7. The van der Waals surface area contributed by atoms with Gasteiger partial charge in [-0.1, -0.05) is 18.2 Å². The SMILES string of the molecule is COc1c2n(cc(C(=O)NCc3ccc(F)c(C(F)(F)F)c3)c1=O)C[C@@H]1O[C@H]3CC[C@H](C3)N1C2=O.COc1c2n(cc(C(=O)O)c1=O)C[C@@H]1O[C@H]3CC[C@H](C3)N1C2=O.NCc1ccc(F)c(C(F)(F)F)c1.O=C(NCc1cc(F)cc(C(F)(F)F)c1)c1cn2c(c(O)c1=O)C(=O)N1[C@@H]3CC[C@@H](C3)O[C@H]1C2.O=C(NCc1ccc(F)c(C(F)(F)F)c1)c1cn2c(c(O)c1=O)C(=O)N1[C@@H]3CC[C@@H](C3)O[C@H]1C2.[Br-].[Br-].[Mg+2]. The summed E-state index contributed by atoms with van der Waals surface area (Å²) in [5, 5.41) is 37.1. The van der Waals surface area contributed by atoms with Gasteiger partial charge in [0.15, 0.2) is 70.7 Å². The van der Waals surface area contributed by atoms with Crippen LogP contribution in [0, 0.1) is 23.3 Å². The number of ether oxygens (including phenoxy) is 6. The standard InChI is InChI=1S/C23H21F4N3O5.2C22H19F4N3O5.C15H16N2O6.C8H7F4N.2BrH.Mg/c1-34-20-18-22(33)30-12-3-4-13(7-12)35-17(30)10-29(18)9-14(19(20)31)21(32)28-8-11-2-5-16(24)15(6-11)23(25,26)27;23-15-4-1-10(5-14(15)22(24,25)26)7-27-20(32)13-8-28-9-16-29(11-2-3-12(6-11)34-16)21(33)17(28)19(31)18(13)30;23-12-4-10(3-11(5-12)22(24,25)26)7-27-20(32)15-8-28-9-16-29(13-1-2-14(6-13)34-16)21(33)17(28)19(31)18(15)30;1-22-13-11-14(19)17-7-2-3-8(4-7)23-10(17)6-16(11)5-9(12(13)18)15(20)21;9-7-2-1-5(4-13)3-6(7)8(10,11)12;;;/h2,5-6,9,12-13,17H,3-4,7-8,10H2,1H3,(H,28,32);1,4-5,8,11-12,16,31H,2-3,6-7,9H2,(H,27,32);3-5,8,13-14,16,31H,1-2,6-7,9H2,(H,27,32);5,7-8,10H,2-4,6H2,1H3,(H,20,21);1-3H,4,13H2;2*1H;/q;;;;;;;+2/p-2/t12-,13+,17+;11-,12+,16+;13-,14+,16+;7-,8+,10+;;;;/m1111..../s1. The number of nitrogens with two attached hydrogens (primary N) is 1. The van der Waals surface area contributed by atoms with Gasteiger partial charge in [-0.25, -0.2) is 22.4 Å². The molecule has 8 fully saturated rings. The predicted molar refractivity (Wildman–Crippen MR) is 449 cm³/mol. The first kappa shape index (κ1) is 107. The molecular formula is C90H82Br2F16MgN12O21. The van der Waals surface area contributed by atoms with Crippen molar-refractivity contribution in [3.8, 4) is 23.0 Å². The number of carbonyl (C=O) groups excluding carboxylic acids is 7. The number of alkyl halides is 12. The number of benzene rings is 4. The summed E-state index contributed by atoms with van der Waals surface area (Å²) in [4.78, 5) is 159. The van der Waals surface area contributed by atoms with Crippen LogP contribution in [-0.2, 0) is 96.0 Å². The van der Waals surface area contributed by atoms with E-state index >= 15 is 0 Å². The van der Waals surface area contributed by atoms with E-state index in [-0.39, 0.29) is 206 Å². The molecule has 7 amide bonds. The third-order valence-corrected chi connectivity index (χ3v) is 26.0. The summed E-state index contributed by atoms with van der Waals surface area (Å²) >= 11 is 0. The second kappa shape index (κ2) is 41.8. The number of carbonyl (C=O) groups is 8. The maximum Gasteiger partial charge on any atom is 2.00 e. The van der Waals surface area contributed by atoms with Crippen LogP contribution in [0.3, 0.4) is 0 Å². The molecule has 756 valence electrons. The van der Waals surface area contributed by atoms with Gasteiger partial charge in [0.2, 0.25) is 21.7 Å². The Morgan fingerprint density at radius 1 is 0.394 bits per heavy atom. The van der Waals surface area contributed by atoms with Gasteiger partial charge in [-0.15, -0.1) is 0 Å². The first-order valence-corrected chi connectivity index (χ1v) is 43.3. The summed E-state index contributed by atoms with van der Waals surface area (Å²) in [6, 6.07) is 9.23. The molecule has 142 heavy (non-hydrogen) atoms. The Morgan fingerprint density at radius 2 is 0.683 bits per heavy atom. The number of pyridine rings is 4. The summed E-state index contributed by atoms with van der Waals surface area (Å²) in [6.45, 7) is -0.648. The molecule has 0 radical (unpaired) electrons. The van der Waals surface area contributed by atoms with Gasteiger partial charge in [0.25, 0.3) is 41.4 Å². The van der Waals surface area contributed by atoms with Crippen molar-refractivity contribution in [2.45, 2.75) is 228 Å². The maximum absolute atomic E-state index is 13.6. The topological polar surface area (TPSA) is 416 Å². The van der Waals surface area contributed by atoms with Crippen LogP contribution in [-0.4, -0.2) is 211 Å². The molecule has 4 aliphatic carbocycles. The second-order valence-corrected chi connectivity index (χ2v) is 34.7. The van der Waals surface area contributed by atoms with Gasteiger partial charge < -0.3 is 137 Å². The Bertz CT molecular complexity index is 6630. The fraction of sp³-hybridized carbons (Fsp3) is 0.422. The first-order valence-electron chi connectivity index (χ1n) is 43.3. The molecule has 0 unspecified atom stereocenters. The Balaban J connectivity index is 0.000000153. The number of halogens is 18. The van der Waals surface area contributed by atoms with Crippen LogP contribution in [0.2, 0.25) is 0 Å². The third-order valence-electron chi connectivity index (χ3n) is 26.0. The number of fused-ring (bicyclic) bond motifs is 20. The van der Waals surface area contributed by atoms with Gasteiger partial charge in [0.1, 0.15) is 45.5 Å². The molecule has 12 heterocycles. The molecule has 12 atom stereocenters. The fourth-order valence-corrected chi connectivity index (χ4v) is 19.7.